The fraction of sp³-hybridized carbons (Fsp3) is 0.0213. The van der Waals surface area contributed by atoms with Crippen molar-refractivity contribution >= 4 is 60.3 Å². The van der Waals surface area contributed by atoms with Gasteiger partial charge in [0, 0.05) is 87.9 Å². The van der Waals surface area contributed by atoms with Crippen LogP contribution in [-0.2, 0) is 9.84 Å². The Labute approximate surface area is 368 Å². The highest BCUT2D eigenvalue weighted by Crippen LogP contribution is 2.31. The fourth-order valence-electron chi connectivity index (χ4n) is 6.53. The van der Waals surface area contributed by atoms with Crippen LogP contribution in [0.4, 0.5) is 8.78 Å². The van der Waals surface area contributed by atoms with E-state index in [1.54, 1.807) is 61.2 Å². The van der Waals surface area contributed by atoms with Gasteiger partial charge in [0.2, 0.25) is 17.7 Å². The Morgan fingerprint density at radius 2 is 0.923 bits per heavy atom. The van der Waals surface area contributed by atoms with Crippen molar-refractivity contribution in [3.05, 3.63) is 175 Å². The SMILES string of the molecule is CS(=O)(=O)c1ccc(-c2cncc3ncc(C(N)=O)cc23)cc1.N#Cc1ccc(-c2cncc3ncc(C(N)=O)cc23)cc1.NC(=O)c1cnc2cncc(-c3ccc(F)cc3F)c2c1. The van der Waals surface area contributed by atoms with Crippen molar-refractivity contribution in [2.24, 2.45) is 17.2 Å². The first-order valence-electron chi connectivity index (χ1n) is 19.0. The summed E-state index contributed by atoms with van der Waals surface area (Å²) in [5.41, 5.74) is 22.9. The largest absolute Gasteiger partial charge is 0.366 e. The van der Waals surface area contributed by atoms with E-state index in [-0.39, 0.29) is 16.0 Å². The Morgan fingerprint density at radius 3 is 1.31 bits per heavy atom. The molecular weight excluding hydrogens is 855 g/mol. The molecule has 15 nitrogen and oxygen atoms in total. The Bertz CT molecular complexity index is 3500. The molecule has 0 atom stereocenters. The first-order valence-corrected chi connectivity index (χ1v) is 20.9. The summed E-state index contributed by atoms with van der Waals surface area (Å²) in [7, 11) is -3.25. The van der Waals surface area contributed by atoms with Gasteiger partial charge >= 0.3 is 0 Å². The first kappa shape index (κ1) is 44.1. The Balaban J connectivity index is 0.000000146. The summed E-state index contributed by atoms with van der Waals surface area (Å²) in [5.74, 6) is -3.09. The minimum atomic E-state index is -3.25. The summed E-state index contributed by atoms with van der Waals surface area (Å²) >= 11 is 0. The fourth-order valence-corrected chi connectivity index (χ4v) is 7.16. The van der Waals surface area contributed by atoms with E-state index in [9.17, 15) is 31.6 Å². The Morgan fingerprint density at radius 1 is 0.523 bits per heavy atom. The molecule has 320 valence electrons. The summed E-state index contributed by atoms with van der Waals surface area (Å²) < 4.78 is 50.0. The smallest absolute Gasteiger partial charge is 0.250 e. The molecule has 9 aromatic rings. The number of benzene rings is 3. The maximum absolute atomic E-state index is 13.9. The Kier molecular flexibility index (Phi) is 12.6. The van der Waals surface area contributed by atoms with Gasteiger partial charge in [-0.3, -0.25) is 44.3 Å². The lowest BCUT2D eigenvalue weighted by molar-refractivity contribution is 0.0991. The van der Waals surface area contributed by atoms with E-state index in [0.29, 0.717) is 44.2 Å². The maximum atomic E-state index is 13.9. The molecule has 9 rings (SSSR count). The number of nitriles is 1. The topological polar surface area (TPSA) is 265 Å². The minimum absolute atomic E-state index is 0.179. The number of nitrogens with two attached hydrogens (primary N) is 3. The predicted octanol–water partition coefficient (Wildman–Crippen LogP) is 6.74. The summed E-state index contributed by atoms with van der Waals surface area (Å²) in [6.45, 7) is 0. The molecule has 0 saturated heterocycles. The molecule has 18 heteroatoms. The van der Waals surface area contributed by atoms with Gasteiger partial charge in [0.1, 0.15) is 11.6 Å². The van der Waals surface area contributed by atoms with Crippen LogP contribution < -0.4 is 17.2 Å². The molecule has 0 radical (unpaired) electrons. The monoisotopic (exact) mass is 886 g/mol. The molecule has 65 heavy (non-hydrogen) atoms. The zero-order valence-electron chi connectivity index (χ0n) is 33.8. The van der Waals surface area contributed by atoms with Gasteiger partial charge in [-0.05, 0) is 65.7 Å². The number of hydrogen-bond donors (Lipinski definition) is 3. The van der Waals surface area contributed by atoms with Gasteiger partial charge in [-0.15, -0.1) is 0 Å². The predicted molar refractivity (Wildman–Crippen MR) is 238 cm³/mol. The molecule has 0 aliphatic heterocycles. The van der Waals surface area contributed by atoms with Gasteiger partial charge in [-0.25, -0.2) is 17.2 Å². The number of sulfone groups is 1. The number of nitrogens with zero attached hydrogens (tertiary/aromatic N) is 7. The number of carbonyl (C=O) groups is 3. The highest BCUT2D eigenvalue weighted by Gasteiger charge is 2.15. The van der Waals surface area contributed by atoms with Crippen molar-refractivity contribution in [2.45, 2.75) is 4.90 Å². The molecule has 6 N–H and O–H groups in total. The van der Waals surface area contributed by atoms with E-state index in [4.69, 9.17) is 22.5 Å². The second kappa shape index (κ2) is 18.6. The zero-order valence-corrected chi connectivity index (χ0v) is 34.7. The van der Waals surface area contributed by atoms with Gasteiger partial charge in [-0.1, -0.05) is 24.3 Å². The van der Waals surface area contributed by atoms with E-state index in [0.717, 1.165) is 51.4 Å². The van der Waals surface area contributed by atoms with Crippen LogP contribution in [0, 0.1) is 23.0 Å². The molecule has 0 bridgehead atoms. The third-order valence-corrected chi connectivity index (χ3v) is 10.9. The molecule has 0 aliphatic rings. The van der Waals surface area contributed by atoms with E-state index >= 15 is 0 Å². The number of rotatable bonds is 7. The third-order valence-electron chi connectivity index (χ3n) is 9.82. The molecule has 0 fully saturated rings. The van der Waals surface area contributed by atoms with Crippen LogP contribution in [0.5, 0.6) is 0 Å². The maximum Gasteiger partial charge on any atom is 0.250 e. The van der Waals surface area contributed by atoms with Crippen molar-refractivity contribution in [1.29, 1.82) is 5.26 Å². The Hall–Kier alpha value is -8.95. The lowest BCUT2D eigenvalue weighted by Crippen LogP contribution is -2.11. The lowest BCUT2D eigenvalue weighted by atomic mass is 10.0. The van der Waals surface area contributed by atoms with Gasteiger partial charge < -0.3 is 17.2 Å². The number of carbonyl (C=O) groups excluding carboxylic acids is 3. The van der Waals surface area contributed by atoms with Crippen LogP contribution >= 0.6 is 0 Å². The zero-order chi connectivity index (χ0) is 46.4. The van der Waals surface area contributed by atoms with Crippen LogP contribution in [-0.4, -0.2) is 62.3 Å². The number of amides is 3. The minimum Gasteiger partial charge on any atom is -0.366 e. The standard InChI is InChI=1S/C16H10N4O.C16H13N3O3S.C15H9F2N3O/c17-6-10-1-3-11(4-2-10)14-8-19-9-15-13(14)5-12(7-20-15)16(18)21;1-23(21,22)12-4-2-10(3-5-12)14-8-18-9-15-13(14)6-11(7-19-15)16(17)20;16-9-1-2-10(13(17)4-9)12-6-19-7-14-11(12)3-8(5-20-14)15(18)21/h1-5,7-9H,(H2,18,21);2-9H,1H3,(H2,17,20);1-7H,(H2,18,21). The number of fused-ring (bicyclic) bond motifs is 3. The van der Waals surface area contributed by atoms with Crippen molar-refractivity contribution in [1.82, 2.24) is 29.9 Å². The number of halogens is 2. The number of primary amides is 3. The van der Waals surface area contributed by atoms with E-state index in [1.807, 2.05) is 12.1 Å². The van der Waals surface area contributed by atoms with E-state index < -0.39 is 39.2 Å². The molecule has 6 aromatic heterocycles. The van der Waals surface area contributed by atoms with Crippen LogP contribution in [0.15, 0.2) is 146 Å². The summed E-state index contributed by atoms with van der Waals surface area (Å²) in [5, 5.41) is 10.9. The number of pyridine rings is 6. The van der Waals surface area contributed by atoms with Gasteiger partial charge in [0.15, 0.2) is 9.84 Å². The van der Waals surface area contributed by atoms with Crippen LogP contribution in [0.1, 0.15) is 36.6 Å². The van der Waals surface area contributed by atoms with Crippen molar-refractivity contribution in [3.8, 4) is 39.4 Å². The summed E-state index contributed by atoms with van der Waals surface area (Å²) in [6.07, 6.45) is 14.8. The number of hydrogen-bond acceptors (Lipinski definition) is 12. The quantitative estimate of drug-likeness (QED) is 0.150. The van der Waals surface area contributed by atoms with Crippen LogP contribution in [0.25, 0.3) is 66.1 Å². The van der Waals surface area contributed by atoms with Gasteiger partial charge in [0.25, 0.3) is 0 Å². The lowest BCUT2D eigenvalue weighted by Gasteiger charge is -2.08. The molecule has 0 unspecified atom stereocenters. The van der Waals surface area contributed by atoms with Crippen LogP contribution in [0.3, 0.4) is 0 Å². The van der Waals surface area contributed by atoms with Crippen molar-refractivity contribution in [2.75, 3.05) is 6.26 Å². The molecule has 3 amide bonds. The third kappa shape index (κ3) is 9.91. The normalized spacial score (nSPS) is 10.9. The summed E-state index contributed by atoms with van der Waals surface area (Å²) in [6, 6.07) is 23.8. The second-order valence-electron chi connectivity index (χ2n) is 14.1. The van der Waals surface area contributed by atoms with Crippen LogP contribution in [0.2, 0.25) is 0 Å². The average molecular weight is 887 g/mol. The molecule has 0 saturated carbocycles. The highest BCUT2D eigenvalue weighted by molar-refractivity contribution is 7.90. The highest BCUT2D eigenvalue weighted by atomic mass is 32.2. The van der Waals surface area contributed by atoms with Gasteiger partial charge in [0.05, 0.1) is 68.4 Å². The summed E-state index contributed by atoms with van der Waals surface area (Å²) in [4.78, 5) is 58.9. The van der Waals surface area contributed by atoms with Gasteiger partial charge in [-0.2, -0.15) is 5.26 Å². The molecule has 6 heterocycles. The van der Waals surface area contributed by atoms with E-state index in [1.165, 1.54) is 55.2 Å². The molecule has 0 aliphatic carbocycles. The first-order chi connectivity index (χ1) is 31.1. The van der Waals surface area contributed by atoms with Crippen molar-refractivity contribution < 1.29 is 31.6 Å². The molecule has 3 aromatic carbocycles. The molecule has 0 spiro atoms. The van der Waals surface area contributed by atoms with Crippen molar-refractivity contribution in [3.63, 3.8) is 0 Å². The average Bonchev–Trinajstić information content (AvgIpc) is 3.30. The number of aromatic nitrogens is 6. The van der Waals surface area contributed by atoms with E-state index in [2.05, 4.69) is 36.0 Å². The molecular formula is C47H32F2N10O5S. The second-order valence-corrected chi connectivity index (χ2v) is 16.2.